The number of imidazole rings is 1. The van der Waals surface area contributed by atoms with E-state index in [2.05, 4.69) is 42.7 Å². The third-order valence-corrected chi connectivity index (χ3v) is 5.22. The summed E-state index contributed by atoms with van der Waals surface area (Å²) < 4.78 is 2.26. The van der Waals surface area contributed by atoms with Gasteiger partial charge in [0.2, 0.25) is 0 Å². The molecule has 4 heteroatoms. The van der Waals surface area contributed by atoms with Crippen molar-refractivity contribution in [2.75, 3.05) is 0 Å². The SMILES string of the molecule is Cc1cc2nc(-c3ccc(Cl)cc3)n(Cc3ccc(Cl)cc3)c2cc1C. The minimum Gasteiger partial charge on any atom is -0.319 e. The van der Waals surface area contributed by atoms with Crippen LogP contribution in [0, 0.1) is 13.8 Å². The zero-order valence-electron chi connectivity index (χ0n) is 14.6. The Morgan fingerprint density at radius 3 is 2.04 bits per heavy atom. The van der Waals surface area contributed by atoms with Crippen LogP contribution in [0.4, 0.5) is 0 Å². The molecule has 0 amide bonds. The third-order valence-electron chi connectivity index (χ3n) is 4.72. The van der Waals surface area contributed by atoms with E-state index in [1.807, 2.05) is 36.4 Å². The predicted octanol–water partition coefficient (Wildman–Crippen LogP) is 6.68. The Hall–Kier alpha value is -2.29. The van der Waals surface area contributed by atoms with Crippen molar-refractivity contribution in [2.45, 2.75) is 20.4 Å². The molecule has 4 aromatic rings. The molecule has 0 aliphatic carbocycles. The maximum atomic E-state index is 6.06. The molecule has 1 aromatic heterocycles. The van der Waals surface area contributed by atoms with Crippen molar-refractivity contribution in [1.29, 1.82) is 0 Å². The summed E-state index contributed by atoms with van der Waals surface area (Å²) in [6, 6.07) is 20.2. The molecular weight excluding hydrogens is 363 g/mol. The van der Waals surface area contributed by atoms with E-state index < -0.39 is 0 Å². The molecule has 2 nitrogen and oxygen atoms in total. The highest BCUT2D eigenvalue weighted by molar-refractivity contribution is 6.30. The van der Waals surface area contributed by atoms with Crippen LogP contribution in [0.15, 0.2) is 60.7 Å². The van der Waals surface area contributed by atoms with Gasteiger partial charge in [-0.05, 0) is 79.1 Å². The van der Waals surface area contributed by atoms with Crippen molar-refractivity contribution in [3.63, 3.8) is 0 Å². The molecule has 1 heterocycles. The highest BCUT2D eigenvalue weighted by Crippen LogP contribution is 2.29. The Bertz CT molecular complexity index is 1080. The molecule has 0 aliphatic rings. The van der Waals surface area contributed by atoms with Crippen LogP contribution < -0.4 is 0 Å². The van der Waals surface area contributed by atoms with Crippen LogP contribution in [-0.4, -0.2) is 9.55 Å². The average Bonchev–Trinajstić information content (AvgIpc) is 2.95. The Morgan fingerprint density at radius 1 is 0.808 bits per heavy atom. The summed E-state index contributed by atoms with van der Waals surface area (Å²) in [6.45, 7) is 4.99. The first-order chi connectivity index (χ1) is 12.5. The molecule has 4 rings (SSSR count). The second-order valence-corrected chi connectivity index (χ2v) is 7.45. The number of aromatic nitrogens is 2. The van der Waals surface area contributed by atoms with Gasteiger partial charge in [-0.15, -0.1) is 0 Å². The van der Waals surface area contributed by atoms with Crippen molar-refractivity contribution >= 4 is 34.2 Å². The minimum atomic E-state index is 0.723. The maximum Gasteiger partial charge on any atom is 0.141 e. The smallest absolute Gasteiger partial charge is 0.141 e. The standard InChI is InChI=1S/C22H18Cl2N2/c1-14-11-20-21(12-15(14)2)26(13-16-3-7-18(23)8-4-16)22(25-20)17-5-9-19(24)10-6-17/h3-12H,13H2,1-2H3. The van der Waals surface area contributed by atoms with Crippen LogP contribution in [0.1, 0.15) is 16.7 Å². The van der Waals surface area contributed by atoms with E-state index in [-0.39, 0.29) is 0 Å². The Morgan fingerprint density at radius 2 is 1.38 bits per heavy atom. The van der Waals surface area contributed by atoms with E-state index in [9.17, 15) is 0 Å². The molecule has 0 bridgehead atoms. The second-order valence-electron chi connectivity index (χ2n) is 6.58. The minimum absolute atomic E-state index is 0.723. The number of hydrogen-bond donors (Lipinski definition) is 0. The Balaban J connectivity index is 1.91. The average molecular weight is 381 g/mol. The van der Waals surface area contributed by atoms with Crippen molar-refractivity contribution in [1.82, 2.24) is 9.55 Å². The second kappa shape index (κ2) is 6.79. The van der Waals surface area contributed by atoms with E-state index in [0.717, 1.165) is 39.0 Å². The normalized spacial score (nSPS) is 11.2. The van der Waals surface area contributed by atoms with Crippen LogP contribution in [0.2, 0.25) is 10.0 Å². The highest BCUT2D eigenvalue weighted by atomic mass is 35.5. The highest BCUT2D eigenvalue weighted by Gasteiger charge is 2.14. The largest absolute Gasteiger partial charge is 0.319 e. The van der Waals surface area contributed by atoms with Crippen LogP contribution in [0.25, 0.3) is 22.4 Å². The summed E-state index contributed by atoms with van der Waals surface area (Å²) in [4.78, 5) is 4.92. The summed E-state index contributed by atoms with van der Waals surface area (Å²) in [5, 5.41) is 1.47. The van der Waals surface area contributed by atoms with Crippen molar-refractivity contribution < 1.29 is 0 Å². The van der Waals surface area contributed by atoms with Crippen molar-refractivity contribution in [3.05, 3.63) is 87.4 Å². The molecule has 0 saturated heterocycles. The molecule has 0 spiro atoms. The number of benzene rings is 3. The quantitative estimate of drug-likeness (QED) is 0.387. The van der Waals surface area contributed by atoms with Gasteiger partial charge in [-0.25, -0.2) is 4.98 Å². The van der Waals surface area contributed by atoms with E-state index >= 15 is 0 Å². The van der Waals surface area contributed by atoms with Gasteiger partial charge in [0.1, 0.15) is 5.82 Å². The molecule has 26 heavy (non-hydrogen) atoms. The summed E-state index contributed by atoms with van der Waals surface area (Å²) in [7, 11) is 0. The molecule has 0 aliphatic heterocycles. The number of hydrogen-bond acceptors (Lipinski definition) is 1. The monoisotopic (exact) mass is 380 g/mol. The summed E-state index contributed by atoms with van der Waals surface area (Å²) >= 11 is 12.1. The number of halogens is 2. The van der Waals surface area contributed by atoms with Crippen LogP contribution in [0.3, 0.4) is 0 Å². The van der Waals surface area contributed by atoms with Gasteiger partial charge < -0.3 is 4.57 Å². The van der Waals surface area contributed by atoms with E-state index in [4.69, 9.17) is 28.2 Å². The zero-order valence-corrected chi connectivity index (χ0v) is 16.1. The zero-order chi connectivity index (χ0) is 18.3. The van der Waals surface area contributed by atoms with Gasteiger partial charge in [0.25, 0.3) is 0 Å². The first-order valence-corrected chi connectivity index (χ1v) is 9.25. The molecule has 0 atom stereocenters. The lowest BCUT2D eigenvalue weighted by molar-refractivity contribution is 0.834. The molecular formula is C22H18Cl2N2. The van der Waals surface area contributed by atoms with Gasteiger partial charge in [0.15, 0.2) is 0 Å². The molecule has 0 unspecified atom stereocenters. The first kappa shape index (κ1) is 17.1. The first-order valence-electron chi connectivity index (χ1n) is 8.49. The number of rotatable bonds is 3. The van der Waals surface area contributed by atoms with Gasteiger partial charge in [-0.2, -0.15) is 0 Å². The molecule has 3 aromatic carbocycles. The van der Waals surface area contributed by atoms with Crippen molar-refractivity contribution in [3.8, 4) is 11.4 Å². The van der Waals surface area contributed by atoms with E-state index in [1.165, 1.54) is 16.7 Å². The fourth-order valence-corrected chi connectivity index (χ4v) is 3.38. The number of nitrogens with zero attached hydrogens (tertiary/aromatic N) is 2. The topological polar surface area (TPSA) is 17.8 Å². The lowest BCUT2D eigenvalue weighted by atomic mass is 10.1. The van der Waals surface area contributed by atoms with Gasteiger partial charge in [-0.1, -0.05) is 35.3 Å². The van der Waals surface area contributed by atoms with Crippen LogP contribution >= 0.6 is 23.2 Å². The molecule has 0 radical (unpaired) electrons. The van der Waals surface area contributed by atoms with Crippen molar-refractivity contribution in [2.24, 2.45) is 0 Å². The summed E-state index contributed by atoms with van der Waals surface area (Å²) in [6.07, 6.45) is 0. The van der Waals surface area contributed by atoms with Crippen LogP contribution in [-0.2, 0) is 6.54 Å². The third kappa shape index (κ3) is 3.23. The number of aryl methyl sites for hydroxylation is 2. The molecule has 0 fully saturated rings. The van der Waals surface area contributed by atoms with E-state index in [1.54, 1.807) is 0 Å². The lowest BCUT2D eigenvalue weighted by Gasteiger charge is -2.11. The van der Waals surface area contributed by atoms with E-state index in [0.29, 0.717) is 0 Å². The molecule has 130 valence electrons. The fraction of sp³-hybridized carbons (Fsp3) is 0.136. The summed E-state index contributed by atoms with van der Waals surface area (Å²) in [5.74, 6) is 0.941. The molecule has 0 saturated carbocycles. The number of fused-ring (bicyclic) bond motifs is 1. The predicted molar refractivity (Wildman–Crippen MR) is 110 cm³/mol. The van der Waals surface area contributed by atoms with Gasteiger partial charge in [-0.3, -0.25) is 0 Å². The van der Waals surface area contributed by atoms with Gasteiger partial charge >= 0.3 is 0 Å². The maximum absolute atomic E-state index is 6.06. The summed E-state index contributed by atoms with van der Waals surface area (Å²) in [5.41, 5.74) is 6.88. The Labute approximate surface area is 163 Å². The van der Waals surface area contributed by atoms with Crippen LogP contribution in [0.5, 0.6) is 0 Å². The Kier molecular flexibility index (Phi) is 4.47. The fourth-order valence-electron chi connectivity index (χ4n) is 3.13. The lowest BCUT2D eigenvalue weighted by Crippen LogP contribution is -2.02. The molecule has 0 N–H and O–H groups in total. The van der Waals surface area contributed by atoms with Gasteiger partial charge in [0.05, 0.1) is 11.0 Å². The van der Waals surface area contributed by atoms with Gasteiger partial charge in [0, 0.05) is 22.2 Å².